The van der Waals surface area contributed by atoms with Crippen LogP contribution in [0.3, 0.4) is 0 Å². The summed E-state index contributed by atoms with van der Waals surface area (Å²) in [6, 6.07) is 0. The Labute approximate surface area is 81.3 Å². The minimum Gasteiger partial charge on any atom is -0.784 e. The second-order valence-corrected chi connectivity index (χ2v) is 1.84. The zero-order valence-corrected chi connectivity index (χ0v) is 6.81. The highest BCUT2D eigenvalue weighted by Gasteiger charge is 1.49. The molecule has 0 radical (unpaired) electrons. The van der Waals surface area contributed by atoms with Crippen LogP contribution in [0.2, 0.25) is 0 Å². The molecule has 0 aliphatic carbocycles. The van der Waals surface area contributed by atoms with Crippen molar-refractivity contribution in [2.24, 2.45) is 0 Å². The maximum atomic E-state index is 8.52. The maximum Gasteiger partial charge on any atom is 0.0311 e. The van der Waals surface area contributed by atoms with Crippen molar-refractivity contribution in [1.82, 2.24) is 0 Å². The van der Waals surface area contributed by atoms with E-state index in [-0.39, 0.29) is 28.3 Å². The molecule has 0 aromatic rings. The van der Waals surface area contributed by atoms with E-state index in [1.165, 1.54) is 0 Å². The predicted octanol–water partition coefficient (Wildman–Crippen LogP) is -0.957. The van der Waals surface area contributed by atoms with Crippen molar-refractivity contribution in [2.45, 2.75) is 14.9 Å². The SMILES string of the molecule is C.C.O=S(=O)([O-])[O-].O=S([O-])[O-].S. The van der Waals surface area contributed by atoms with Crippen molar-refractivity contribution in [2.75, 3.05) is 0 Å². The summed E-state index contributed by atoms with van der Waals surface area (Å²) >= 11 is -3.11. The van der Waals surface area contributed by atoms with E-state index in [2.05, 4.69) is 0 Å². The topological polar surface area (TPSA) is 143 Å². The summed E-state index contributed by atoms with van der Waals surface area (Å²) in [6.07, 6.45) is 0. The normalized spacial score (nSPS) is 7.75. The van der Waals surface area contributed by atoms with Gasteiger partial charge in [-0.05, 0) is 0 Å². The van der Waals surface area contributed by atoms with Crippen LogP contribution >= 0.6 is 13.5 Å². The van der Waals surface area contributed by atoms with Crippen LogP contribution in [0.1, 0.15) is 14.9 Å². The lowest BCUT2D eigenvalue weighted by Gasteiger charge is -2.06. The first kappa shape index (κ1) is 29.5. The van der Waals surface area contributed by atoms with Crippen LogP contribution in [0, 0.1) is 0 Å². The molecule has 7 nitrogen and oxygen atoms in total. The molecule has 0 N–H and O–H groups in total. The minimum absolute atomic E-state index is 0. The summed E-state index contributed by atoms with van der Waals surface area (Å²) in [7, 11) is -5.17. The smallest absolute Gasteiger partial charge is 0.0311 e. The van der Waals surface area contributed by atoms with E-state index >= 15 is 0 Å². The first-order valence-electron chi connectivity index (χ1n) is 1.17. The standard InChI is InChI=1S/2CH4.H2O4S.H2O3S.H2S/c;;1-5(2,3)4;1-4(2)3;/h2*1H4;(H2,1,2,3,4);(H2,1,2,3);1H2/p-4. The van der Waals surface area contributed by atoms with Crippen LogP contribution in [0.15, 0.2) is 0 Å². The van der Waals surface area contributed by atoms with Gasteiger partial charge in [-0.3, -0.25) is 12.6 Å². The van der Waals surface area contributed by atoms with Gasteiger partial charge in [-0.25, -0.2) is 0 Å². The van der Waals surface area contributed by atoms with Gasteiger partial charge in [0.05, 0.1) is 0 Å². The van der Waals surface area contributed by atoms with E-state index < -0.39 is 21.8 Å². The van der Waals surface area contributed by atoms with Crippen LogP contribution < -0.4 is 0 Å². The number of rotatable bonds is 0. The molecule has 0 atom stereocenters. The highest BCUT2D eigenvalue weighted by molar-refractivity contribution is 7.79. The Balaban J connectivity index is -0.0000000221. The Morgan fingerprint density at radius 2 is 1.00 bits per heavy atom. The molecule has 0 aliphatic heterocycles. The van der Waals surface area contributed by atoms with Crippen molar-refractivity contribution < 1.29 is 30.8 Å². The highest BCUT2D eigenvalue weighted by atomic mass is 32.3. The maximum absolute atomic E-state index is 8.52. The third-order valence-electron chi connectivity index (χ3n) is 0. The number of hydrogen-bond donors (Lipinski definition) is 0. The molecule has 0 rings (SSSR count). The molecule has 0 fully saturated rings. The molecule has 82 valence electrons. The van der Waals surface area contributed by atoms with Crippen molar-refractivity contribution in [1.29, 1.82) is 0 Å². The Hall–Kier alpha value is 0.290. The first-order valence-corrected chi connectivity index (χ1v) is 3.50. The summed E-state index contributed by atoms with van der Waals surface area (Å²) < 4.78 is 59.4. The molecule has 0 heterocycles. The fraction of sp³-hybridized carbons (Fsp3) is 1.00. The second kappa shape index (κ2) is 13.9. The molecule has 0 aromatic carbocycles. The first-order chi connectivity index (χ1) is 3.73. The van der Waals surface area contributed by atoms with Crippen molar-refractivity contribution >= 4 is 35.3 Å². The van der Waals surface area contributed by atoms with Crippen LogP contribution in [0.25, 0.3) is 0 Å². The minimum atomic E-state index is -5.17. The molecule has 0 aliphatic rings. The molecule has 0 saturated heterocycles. The fourth-order valence-electron chi connectivity index (χ4n) is 0. The third-order valence-corrected chi connectivity index (χ3v) is 0. The van der Waals surface area contributed by atoms with Crippen LogP contribution in [0.4, 0.5) is 0 Å². The van der Waals surface area contributed by atoms with E-state index in [0.29, 0.717) is 0 Å². The molecule has 12 heavy (non-hydrogen) atoms. The quantitative estimate of drug-likeness (QED) is 0.302. The molecular weight excluding hydrogens is 232 g/mol. The van der Waals surface area contributed by atoms with Gasteiger partial charge in [-0.15, -0.1) is 11.4 Å². The molecule has 0 unspecified atom stereocenters. The predicted molar refractivity (Wildman–Crippen MR) is 44.0 cm³/mol. The summed E-state index contributed by atoms with van der Waals surface area (Å²) in [5.74, 6) is 0. The number of hydrogen-bond acceptors (Lipinski definition) is 7. The van der Waals surface area contributed by atoms with Crippen LogP contribution in [0.5, 0.6) is 0 Å². The van der Waals surface area contributed by atoms with Gasteiger partial charge in [0.25, 0.3) is 0 Å². The molecule has 0 aromatic heterocycles. The highest BCUT2D eigenvalue weighted by Crippen LogP contribution is 1.57. The third kappa shape index (κ3) is 10600. The Bertz CT molecular complexity index is 159. The van der Waals surface area contributed by atoms with Gasteiger partial charge in [-0.1, -0.05) is 14.9 Å². The van der Waals surface area contributed by atoms with Crippen LogP contribution in [-0.4, -0.2) is 30.8 Å². The van der Waals surface area contributed by atoms with Crippen molar-refractivity contribution in [3.8, 4) is 0 Å². The Morgan fingerprint density at radius 1 is 1.00 bits per heavy atom. The van der Waals surface area contributed by atoms with Gasteiger partial charge in [0.2, 0.25) is 0 Å². The van der Waals surface area contributed by atoms with E-state index in [1.807, 2.05) is 0 Å². The lowest BCUT2D eigenvalue weighted by molar-refractivity contribution is 0.352. The fourth-order valence-corrected chi connectivity index (χ4v) is 0. The van der Waals surface area contributed by atoms with Crippen LogP contribution in [-0.2, 0) is 21.8 Å². The second-order valence-electron chi connectivity index (χ2n) is 0.612. The molecule has 0 amide bonds. The molecule has 0 saturated carbocycles. The zero-order chi connectivity index (χ0) is 8.08. The monoisotopic (exact) mass is 242 g/mol. The molecular formula is C2H10O7S3-4. The van der Waals surface area contributed by atoms with Gasteiger partial charge < -0.3 is 18.2 Å². The summed E-state index contributed by atoms with van der Waals surface area (Å²) in [4.78, 5) is 0. The van der Waals surface area contributed by atoms with Gasteiger partial charge in [0.15, 0.2) is 0 Å². The largest absolute Gasteiger partial charge is 0.784 e. The Kier molecular flexibility index (Phi) is 34.0. The van der Waals surface area contributed by atoms with E-state index in [9.17, 15) is 0 Å². The average molecular weight is 242 g/mol. The molecule has 0 bridgehead atoms. The summed E-state index contributed by atoms with van der Waals surface area (Å²) in [5, 5.41) is 0. The van der Waals surface area contributed by atoms with Gasteiger partial charge in [-0.2, -0.15) is 13.5 Å². The van der Waals surface area contributed by atoms with Gasteiger partial charge in [0.1, 0.15) is 0 Å². The summed E-state index contributed by atoms with van der Waals surface area (Å²) in [5.41, 5.74) is 0. The Morgan fingerprint density at radius 3 is 1.00 bits per heavy atom. The lowest BCUT2D eigenvalue weighted by atomic mass is 12.0. The molecule has 0 spiro atoms. The van der Waals surface area contributed by atoms with E-state index in [4.69, 9.17) is 30.8 Å². The van der Waals surface area contributed by atoms with Crippen molar-refractivity contribution in [3.63, 3.8) is 0 Å². The van der Waals surface area contributed by atoms with Gasteiger partial charge in [0, 0.05) is 10.4 Å². The molecule has 10 heteroatoms. The van der Waals surface area contributed by atoms with Crippen molar-refractivity contribution in [3.05, 3.63) is 0 Å². The zero-order valence-electron chi connectivity index (χ0n) is 4.17. The van der Waals surface area contributed by atoms with E-state index in [1.54, 1.807) is 0 Å². The lowest BCUT2D eigenvalue weighted by Crippen LogP contribution is -1.91. The van der Waals surface area contributed by atoms with E-state index in [0.717, 1.165) is 0 Å². The average Bonchev–Trinajstić information content (AvgIpc) is 1.19. The van der Waals surface area contributed by atoms with Gasteiger partial charge >= 0.3 is 0 Å². The summed E-state index contributed by atoms with van der Waals surface area (Å²) in [6.45, 7) is 0.